The molecule has 3 aromatic carbocycles. The van der Waals surface area contributed by atoms with E-state index in [-0.39, 0.29) is 17.3 Å². The highest BCUT2D eigenvalue weighted by Gasteiger charge is 2.17. The molecule has 0 atom stereocenters. The van der Waals surface area contributed by atoms with Crippen molar-refractivity contribution in [2.45, 2.75) is 24.7 Å². The van der Waals surface area contributed by atoms with E-state index < -0.39 is 15.9 Å². The fraction of sp³-hybridized carbons (Fsp3) is 0.167. The first-order valence-corrected chi connectivity index (χ1v) is 12.3. The van der Waals surface area contributed by atoms with Crippen LogP contribution in [0.3, 0.4) is 0 Å². The Morgan fingerprint density at radius 3 is 2.59 bits per heavy atom. The van der Waals surface area contributed by atoms with Crippen LogP contribution in [0.15, 0.2) is 76.7 Å². The number of carbonyl (C=O) groups is 1. The van der Waals surface area contributed by atoms with Gasteiger partial charge in [-0.15, -0.1) is 0 Å². The Kier molecular flexibility index (Phi) is 7.04. The Bertz CT molecular complexity index is 1340. The third kappa shape index (κ3) is 5.86. The lowest BCUT2D eigenvalue weighted by Crippen LogP contribution is -2.20. The second-order valence-corrected chi connectivity index (χ2v) is 9.73. The summed E-state index contributed by atoms with van der Waals surface area (Å²) in [4.78, 5) is 12.5. The molecule has 34 heavy (non-hydrogen) atoms. The number of rotatable bonds is 8. The molecule has 3 aromatic rings. The number of hydrogen-bond donors (Lipinski definition) is 2. The quantitative estimate of drug-likeness (QED) is 0.348. The number of benzene rings is 3. The van der Waals surface area contributed by atoms with Crippen LogP contribution in [0.5, 0.6) is 11.5 Å². The van der Waals surface area contributed by atoms with Crippen LogP contribution in [0.4, 0.5) is 5.69 Å². The lowest BCUT2D eigenvalue weighted by Gasteiger charge is -2.09. The minimum atomic E-state index is -3.89. The van der Waals surface area contributed by atoms with Gasteiger partial charge in [-0.05, 0) is 79.9 Å². The summed E-state index contributed by atoms with van der Waals surface area (Å²) in [7, 11) is -3.89. The van der Waals surface area contributed by atoms with Crippen molar-refractivity contribution < 1.29 is 22.7 Å². The predicted molar refractivity (Wildman–Crippen MR) is 130 cm³/mol. The fourth-order valence-electron chi connectivity index (χ4n) is 3.22. The Morgan fingerprint density at radius 1 is 1.03 bits per heavy atom. The number of hydrogen-bond acceptors (Lipinski definition) is 6. The summed E-state index contributed by atoms with van der Waals surface area (Å²) in [6.07, 6.45) is 1.34. The van der Waals surface area contributed by atoms with E-state index in [2.05, 4.69) is 15.2 Å². The van der Waals surface area contributed by atoms with E-state index in [1.54, 1.807) is 24.3 Å². The molecule has 1 aliphatic heterocycles. The maximum absolute atomic E-state index is 12.7. The minimum Gasteiger partial charge on any atom is -0.454 e. The first-order chi connectivity index (χ1) is 16.3. The number of anilines is 1. The number of sulfonamides is 1. The molecule has 1 heterocycles. The third-order valence-corrected chi connectivity index (χ3v) is 6.69. The molecule has 176 valence electrons. The molecule has 1 amide bonds. The zero-order chi connectivity index (χ0) is 24.1. The summed E-state index contributed by atoms with van der Waals surface area (Å²) < 4.78 is 38.6. The van der Waals surface area contributed by atoms with Crippen LogP contribution in [0.1, 0.15) is 29.3 Å². The van der Waals surface area contributed by atoms with Gasteiger partial charge in [-0.2, -0.15) is 5.10 Å². The van der Waals surface area contributed by atoms with Crippen molar-refractivity contribution in [1.29, 1.82) is 0 Å². The van der Waals surface area contributed by atoms with Crippen molar-refractivity contribution in [3.8, 4) is 11.5 Å². The van der Waals surface area contributed by atoms with Crippen molar-refractivity contribution in [3.63, 3.8) is 0 Å². The molecule has 1 aliphatic rings. The Hall–Kier alpha value is -3.56. The van der Waals surface area contributed by atoms with Crippen LogP contribution in [-0.2, 0) is 16.4 Å². The van der Waals surface area contributed by atoms with Gasteiger partial charge in [0.25, 0.3) is 15.9 Å². The monoisotopic (exact) mass is 499 g/mol. The van der Waals surface area contributed by atoms with Crippen LogP contribution in [-0.4, -0.2) is 26.8 Å². The minimum absolute atomic E-state index is 0.0430. The Balaban J connectivity index is 1.36. The average Bonchev–Trinajstić information content (AvgIpc) is 3.30. The zero-order valence-electron chi connectivity index (χ0n) is 18.2. The van der Waals surface area contributed by atoms with Crippen molar-refractivity contribution in [3.05, 3.63) is 82.9 Å². The van der Waals surface area contributed by atoms with Gasteiger partial charge in [0.15, 0.2) is 11.5 Å². The standard InChI is InChI=1S/C24H22ClN3O5S/c1-16(5-6-17-7-12-22-23(13-17)33-15-32-22)26-27-24(29)18-3-2-4-21(14-18)34(30,31)28-20-10-8-19(25)9-11-20/h2-4,7-14,28H,5-6,15H2,1H3,(H,27,29)/b26-16+. The van der Waals surface area contributed by atoms with Crippen molar-refractivity contribution in [2.75, 3.05) is 11.5 Å². The lowest BCUT2D eigenvalue weighted by molar-refractivity contribution is 0.0954. The van der Waals surface area contributed by atoms with Gasteiger partial charge in [-0.3, -0.25) is 9.52 Å². The van der Waals surface area contributed by atoms with Gasteiger partial charge in [-0.1, -0.05) is 23.7 Å². The number of halogens is 1. The van der Waals surface area contributed by atoms with Gasteiger partial charge in [0.05, 0.1) is 4.90 Å². The number of aryl methyl sites for hydroxylation is 1. The smallest absolute Gasteiger partial charge is 0.271 e. The molecule has 0 spiro atoms. The van der Waals surface area contributed by atoms with Gasteiger partial charge in [0, 0.05) is 22.0 Å². The van der Waals surface area contributed by atoms with Gasteiger partial charge >= 0.3 is 0 Å². The first kappa shape index (κ1) is 23.6. The second-order valence-electron chi connectivity index (χ2n) is 7.62. The molecular weight excluding hydrogens is 478 g/mol. The molecule has 2 N–H and O–H groups in total. The van der Waals surface area contributed by atoms with Crippen molar-refractivity contribution >= 4 is 38.9 Å². The van der Waals surface area contributed by atoms with Gasteiger partial charge in [0.2, 0.25) is 6.79 Å². The molecule has 0 fully saturated rings. The summed E-state index contributed by atoms with van der Waals surface area (Å²) >= 11 is 5.84. The SMILES string of the molecule is C/C(CCc1ccc2c(c1)OCO2)=N\NC(=O)c1cccc(S(=O)(=O)Nc2ccc(Cl)cc2)c1. The lowest BCUT2D eigenvalue weighted by atomic mass is 10.1. The van der Waals surface area contributed by atoms with Crippen LogP contribution in [0, 0.1) is 0 Å². The molecule has 0 unspecified atom stereocenters. The molecule has 4 rings (SSSR count). The van der Waals surface area contributed by atoms with E-state index in [1.165, 1.54) is 24.3 Å². The average molecular weight is 500 g/mol. The largest absolute Gasteiger partial charge is 0.454 e. The summed E-state index contributed by atoms with van der Waals surface area (Å²) in [5.74, 6) is 0.945. The summed E-state index contributed by atoms with van der Waals surface area (Å²) in [5, 5.41) is 4.63. The zero-order valence-corrected chi connectivity index (χ0v) is 19.8. The Morgan fingerprint density at radius 2 is 1.79 bits per heavy atom. The van der Waals surface area contributed by atoms with E-state index in [0.717, 1.165) is 22.8 Å². The molecule has 0 bridgehead atoms. The van der Waals surface area contributed by atoms with E-state index >= 15 is 0 Å². The first-order valence-electron chi connectivity index (χ1n) is 10.4. The van der Waals surface area contributed by atoms with E-state index in [4.69, 9.17) is 21.1 Å². The predicted octanol–water partition coefficient (Wildman–Crippen LogP) is 4.61. The Labute approximate surface area is 202 Å². The molecule has 0 saturated heterocycles. The fourth-order valence-corrected chi connectivity index (χ4v) is 4.45. The number of amides is 1. The van der Waals surface area contributed by atoms with Gasteiger partial charge in [0.1, 0.15) is 0 Å². The summed E-state index contributed by atoms with van der Waals surface area (Å²) in [6.45, 7) is 2.04. The van der Waals surface area contributed by atoms with E-state index in [0.29, 0.717) is 23.6 Å². The number of nitrogens with one attached hydrogen (secondary N) is 2. The highest BCUT2D eigenvalue weighted by atomic mass is 35.5. The number of fused-ring (bicyclic) bond motifs is 1. The molecule has 0 aromatic heterocycles. The highest BCUT2D eigenvalue weighted by Crippen LogP contribution is 2.32. The normalized spacial score (nSPS) is 12.9. The maximum atomic E-state index is 12.7. The molecule has 0 saturated carbocycles. The number of ether oxygens (including phenoxy) is 2. The highest BCUT2D eigenvalue weighted by molar-refractivity contribution is 7.92. The number of nitrogens with zero attached hydrogens (tertiary/aromatic N) is 1. The topological polar surface area (TPSA) is 106 Å². The van der Waals surface area contributed by atoms with E-state index in [1.807, 2.05) is 25.1 Å². The number of hydrazone groups is 1. The van der Waals surface area contributed by atoms with Crippen molar-refractivity contribution in [1.82, 2.24) is 5.43 Å². The number of carbonyl (C=O) groups excluding carboxylic acids is 1. The van der Waals surface area contributed by atoms with Crippen LogP contribution < -0.4 is 19.6 Å². The van der Waals surface area contributed by atoms with Crippen LogP contribution in [0.25, 0.3) is 0 Å². The van der Waals surface area contributed by atoms with E-state index in [9.17, 15) is 13.2 Å². The second kappa shape index (κ2) is 10.1. The van der Waals surface area contributed by atoms with Crippen LogP contribution in [0.2, 0.25) is 5.02 Å². The van der Waals surface area contributed by atoms with Gasteiger partial charge in [-0.25, -0.2) is 13.8 Å². The maximum Gasteiger partial charge on any atom is 0.271 e. The van der Waals surface area contributed by atoms with Gasteiger partial charge < -0.3 is 9.47 Å². The van der Waals surface area contributed by atoms with Crippen molar-refractivity contribution in [2.24, 2.45) is 5.10 Å². The molecule has 10 heteroatoms. The summed E-state index contributed by atoms with van der Waals surface area (Å²) in [6, 6.07) is 17.8. The summed E-state index contributed by atoms with van der Waals surface area (Å²) in [5.41, 5.74) is 4.81. The third-order valence-electron chi connectivity index (χ3n) is 5.06. The molecule has 8 nitrogen and oxygen atoms in total. The molecule has 0 aliphatic carbocycles. The molecular formula is C24H22ClN3O5S. The molecule has 0 radical (unpaired) electrons. The van der Waals surface area contributed by atoms with Crippen LogP contribution >= 0.6 is 11.6 Å².